The van der Waals surface area contributed by atoms with E-state index in [4.69, 9.17) is 5.73 Å². The van der Waals surface area contributed by atoms with Gasteiger partial charge in [-0.05, 0) is 43.0 Å². The summed E-state index contributed by atoms with van der Waals surface area (Å²) in [5, 5.41) is 9.96. The van der Waals surface area contributed by atoms with Gasteiger partial charge in [-0.1, -0.05) is 38.8 Å². The summed E-state index contributed by atoms with van der Waals surface area (Å²) in [4.78, 5) is 1.25. The maximum Gasteiger partial charge on any atom is 0.0802 e. The molecule has 0 aliphatic carbocycles. The van der Waals surface area contributed by atoms with Crippen LogP contribution in [0.4, 0.5) is 0 Å². The van der Waals surface area contributed by atoms with E-state index in [9.17, 15) is 5.11 Å². The van der Waals surface area contributed by atoms with Crippen LogP contribution in [0, 0.1) is 5.92 Å². The van der Waals surface area contributed by atoms with Gasteiger partial charge in [0, 0.05) is 10.6 Å². The van der Waals surface area contributed by atoms with Crippen LogP contribution >= 0.6 is 11.8 Å². The zero-order valence-electron chi connectivity index (χ0n) is 12.1. The number of benzene rings is 1. The van der Waals surface area contributed by atoms with Gasteiger partial charge in [0.05, 0.1) is 6.10 Å². The summed E-state index contributed by atoms with van der Waals surface area (Å²) in [7, 11) is 0. The lowest BCUT2D eigenvalue weighted by molar-refractivity contribution is 0.170. The van der Waals surface area contributed by atoms with E-state index in [1.165, 1.54) is 29.9 Å². The molecule has 0 spiro atoms. The number of aliphatic hydroxyl groups is 1. The molecule has 1 rings (SSSR count). The van der Waals surface area contributed by atoms with Crippen molar-refractivity contribution in [2.75, 3.05) is 12.3 Å². The molecule has 0 fully saturated rings. The molecule has 0 aromatic heterocycles. The van der Waals surface area contributed by atoms with Gasteiger partial charge in [0.1, 0.15) is 0 Å². The van der Waals surface area contributed by atoms with E-state index >= 15 is 0 Å². The fourth-order valence-electron chi connectivity index (χ4n) is 2.16. The van der Waals surface area contributed by atoms with Gasteiger partial charge in [-0.15, -0.1) is 11.8 Å². The van der Waals surface area contributed by atoms with E-state index in [1.54, 1.807) is 0 Å². The first kappa shape index (κ1) is 16.5. The molecular weight excluding hydrogens is 254 g/mol. The Morgan fingerprint density at radius 3 is 2.68 bits per heavy atom. The Bertz CT molecular complexity index is 356. The van der Waals surface area contributed by atoms with Crippen LogP contribution in [0.5, 0.6) is 0 Å². The molecule has 0 amide bonds. The van der Waals surface area contributed by atoms with Gasteiger partial charge >= 0.3 is 0 Å². The highest BCUT2D eigenvalue weighted by molar-refractivity contribution is 7.99. The highest BCUT2D eigenvalue weighted by atomic mass is 32.2. The van der Waals surface area contributed by atoms with E-state index in [2.05, 4.69) is 26.0 Å². The Balaban J connectivity index is 2.56. The number of rotatable bonds is 9. The lowest BCUT2D eigenvalue weighted by Crippen LogP contribution is -2.06. The molecule has 3 heteroatoms. The van der Waals surface area contributed by atoms with Crippen molar-refractivity contribution in [3.63, 3.8) is 0 Å². The molecule has 19 heavy (non-hydrogen) atoms. The third-order valence-electron chi connectivity index (χ3n) is 3.44. The lowest BCUT2D eigenvalue weighted by Gasteiger charge is -2.14. The van der Waals surface area contributed by atoms with Crippen molar-refractivity contribution >= 4 is 11.8 Å². The first-order valence-corrected chi connectivity index (χ1v) is 8.30. The van der Waals surface area contributed by atoms with Crippen LogP contribution in [-0.2, 0) is 0 Å². The minimum atomic E-state index is -0.428. The first-order chi connectivity index (χ1) is 9.21. The van der Waals surface area contributed by atoms with Crippen LogP contribution in [0.1, 0.15) is 51.2 Å². The zero-order chi connectivity index (χ0) is 14.1. The van der Waals surface area contributed by atoms with Crippen molar-refractivity contribution in [1.82, 2.24) is 0 Å². The van der Waals surface area contributed by atoms with Gasteiger partial charge in [0.15, 0.2) is 0 Å². The fourth-order valence-corrected chi connectivity index (χ4v) is 3.39. The van der Waals surface area contributed by atoms with Crippen molar-refractivity contribution in [1.29, 1.82) is 0 Å². The topological polar surface area (TPSA) is 46.2 Å². The van der Waals surface area contributed by atoms with Crippen LogP contribution in [0.2, 0.25) is 0 Å². The normalized spacial score (nSPS) is 14.3. The molecular formula is C16H27NOS. The summed E-state index contributed by atoms with van der Waals surface area (Å²) in [5.41, 5.74) is 6.47. The van der Waals surface area contributed by atoms with Crippen molar-refractivity contribution in [3.05, 3.63) is 29.8 Å². The third kappa shape index (κ3) is 5.98. The molecule has 1 aromatic carbocycles. The smallest absolute Gasteiger partial charge is 0.0802 e. The van der Waals surface area contributed by atoms with Gasteiger partial charge < -0.3 is 10.8 Å². The van der Waals surface area contributed by atoms with Gasteiger partial charge in [-0.2, -0.15) is 0 Å². The molecule has 0 saturated heterocycles. The van der Waals surface area contributed by atoms with E-state index in [0.29, 0.717) is 13.0 Å². The SMILES string of the molecule is CCCC(CC)CSc1cccc(C(O)CCN)c1. The summed E-state index contributed by atoms with van der Waals surface area (Å²) >= 11 is 1.90. The highest BCUT2D eigenvalue weighted by Gasteiger charge is 2.09. The largest absolute Gasteiger partial charge is 0.388 e. The summed E-state index contributed by atoms with van der Waals surface area (Å²) in [6.45, 7) is 5.03. The lowest BCUT2D eigenvalue weighted by atomic mass is 10.0. The summed E-state index contributed by atoms with van der Waals surface area (Å²) < 4.78 is 0. The molecule has 2 unspecified atom stereocenters. The van der Waals surface area contributed by atoms with Crippen molar-refractivity contribution < 1.29 is 5.11 Å². The molecule has 3 N–H and O–H groups in total. The predicted octanol–water partition coefficient (Wildman–Crippen LogP) is 3.99. The monoisotopic (exact) mass is 281 g/mol. The van der Waals surface area contributed by atoms with Crippen LogP contribution < -0.4 is 5.73 Å². The third-order valence-corrected chi connectivity index (χ3v) is 4.67. The quantitative estimate of drug-likeness (QED) is 0.673. The summed E-state index contributed by atoms with van der Waals surface area (Å²) in [5.74, 6) is 1.97. The highest BCUT2D eigenvalue weighted by Crippen LogP contribution is 2.27. The summed E-state index contributed by atoms with van der Waals surface area (Å²) in [6.07, 6.45) is 4.01. The van der Waals surface area contributed by atoms with Crippen molar-refractivity contribution in [2.45, 2.75) is 50.5 Å². The first-order valence-electron chi connectivity index (χ1n) is 7.32. The molecule has 1 aromatic rings. The fraction of sp³-hybridized carbons (Fsp3) is 0.625. The van der Waals surface area contributed by atoms with E-state index in [0.717, 1.165) is 11.5 Å². The second kappa shape index (κ2) is 9.40. The van der Waals surface area contributed by atoms with E-state index in [1.807, 2.05) is 23.9 Å². The Labute approximate surface area is 121 Å². The average Bonchev–Trinajstić information content (AvgIpc) is 2.44. The van der Waals surface area contributed by atoms with Crippen LogP contribution in [0.25, 0.3) is 0 Å². The average molecular weight is 281 g/mol. The molecule has 0 bridgehead atoms. The van der Waals surface area contributed by atoms with Crippen LogP contribution in [0.3, 0.4) is 0 Å². The minimum absolute atomic E-state index is 0.428. The number of nitrogens with two attached hydrogens (primary N) is 1. The maximum atomic E-state index is 9.96. The van der Waals surface area contributed by atoms with Gasteiger partial charge in [0.2, 0.25) is 0 Å². The predicted molar refractivity (Wildman–Crippen MR) is 84.5 cm³/mol. The van der Waals surface area contributed by atoms with Crippen LogP contribution in [-0.4, -0.2) is 17.4 Å². The van der Waals surface area contributed by atoms with Gasteiger partial charge in [-0.25, -0.2) is 0 Å². The molecule has 0 aliphatic rings. The van der Waals surface area contributed by atoms with Crippen LogP contribution in [0.15, 0.2) is 29.2 Å². The maximum absolute atomic E-state index is 9.96. The molecule has 2 atom stereocenters. The second-order valence-electron chi connectivity index (χ2n) is 5.04. The number of hydrogen-bond donors (Lipinski definition) is 2. The summed E-state index contributed by atoms with van der Waals surface area (Å²) in [6, 6.07) is 8.23. The Kier molecular flexibility index (Phi) is 8.19. The Morgan fingerprint density at radius 2 is 2.05 bits per heavy atom. The van der Waals surface area contributed by atoms with Gasteiger partial charge in [-0.3, -0.25) is 0 Å². The number of thioether (sulfide) groups is 1. The Hall–Kier alpha value is -0.510. The minimum Gasteiger partial charge on any atom is -0.388 e. The second-order valence-corrected chi connectivity index (χ2v) is 6.13. The molecule has 108 valence electrons. The Morgan fingerprint density at radius 1 is 1.26 bits per heavy atom. The van der Waals surface area contributed by atoms with E-state index < -0.39 is 6.10 Å². The number of aliphatic hydroxyl groups excluding tert-OH is 1. The standard InChI is InChI=1S/C16H27NOS/c1-3-6-13(4-2)12-19-15-8-5-7-14(11-15)16(18)9-10-17/h5,7-8,11,13,16,18H,3-4,6,9-10,12,17H2,1-2H3. The van der Waals surface area contributed by atoms with E-state index in [-0.39, 0.29) is 0 Å². The molecule has 2 nitrogen and oxygen atoms in total. The zero-order valence-corrected chi connectivity index (χ0v) is 13.0. The molecule has 0 radical (unpaired) electrons. The molecule has 0 saturated carbocycles. The number of hydrogen-bond acceptors (Lipinski definition) is 3. The van der Waals surface area contributed by atoms with Gasteiger partial charge in [0.25, 0.3) is 0 Å². The van der Waals surface area contributed by atoms with Crippen molar-refractivity contribution in [3.8, 4) is 0 Å². The molecule has 0 heterocycles. The van der Waals surface area contributed by atoms with Crippen molar-refractivity contribution in [2.24, 2.45) is 11.7 Å². The molecule has 0 aliphatic heterocycles.